The first-order chi connectivity index (χ1) is 16.1. The second-order valence-corrected chi connectivity index (χ2v) is 10.2. The van der Waals surface area contributed by atoms with Gasteiger partial charge in [0.2, 0.25) is 0 Å². The van der Waals surface area contributed by atoms with Crippen LogP contribution in [0.1, 0.15) is 21.8 Å². The molecule has 0 bridgehead atoms. The molecule has 2 N–H and O–H groups in total. The van der Waals surface area contributed by atoms with E-state index in [4.69, 9.17) is 46.4 Å². The standard InChI is InChI=1S/C24H16Cl4F2N2O2/c25-14-7-13(8-15(26)9-14)21-23(12-33,24(21,27)28)11-31-18-5-6-20(30)19(10-18)22(34)32-17-3-1-16(29)2-4-17/h1-10,12,21,31H,11H2,(H,32,34). The van der Waals surface area contributed by atoms with E-state index in [9.17, 15) is 18.4 Å². The molecule has 1 saturated carbocycles. The number of benzene rings is 3. The maximum atomic E-state index is 14.3. The Balaban J connectivity index is 1.53. The highest BCUT2D eigenvalue weighted by Gasteiger charge is 2.76. The first-order valence-electron chi connectivity index (χ1n) is 9.98. The summed E-state index contributed by atoms with van der Waals surface area (Å²) in [6, 6.07) is 13.7. The average Bonchev–Trinajstić information content (AvgIpc) is 3.28. The summed E-state index contributed by atoms with van der Waals surface area (Å²) in [5.74, 6) is -2.53. The summed E-state index contributed by atoms with van der Waals surface area (Å²) >= 11 is 25.2. The minimum absolute atomic E-state index is 0.00293. The fourth-order valence-electron chi connectivity index (χ4n) is 3.92. The van der Waals surface area contributed by atoms with Crippen LogP contribution >= 0.6 is 46.4 Å². The van der Waals surface area contributed by atoms with Crippen molar-refractivity contribution in [2.75, 3.05) is 17.2 Å². The van der Waals surface area contributed by atoms with Gasteiger partial charge in [-0.3, -0.25) is 4.79 Å². The third kappa shape index (κ3) is 4.60. The van der Waals surface area contributed by atoms with Crippen molar-refractivity contribution in [1.29, 1.82) is 0 Å². The highest BCUT2D eigenvalue weighted by molar-refractivity contribution is 6.54. The number of anilines is 2. The normalized spacial score (nSPS) is 20.5. The fraction of sp³-hybridized carbons (Fsp3) is 0.167. The molecule has 10 heteroatoms. The first-order valence-corrected chi connectivity index (χ1v) is 11.5. The Labute approximate surface area is 214 Å². The second-order valence-electron chi connectivity index (χ2n) is 7.93. The van der Waals surface area contributed by atoms with Gasteiger partial charge in [0.25, 0.3) is 5.91 Å². The molecular formula is C24H16Cl4F2N2O2. The summed E-state index contributed by atoms with van der Waals surface area (Å²) in [6.45, 7) is 0.00293. The third-order valence-electron chi connectivity index (χ3n) is 5.74. The van der Waals surface area contributed by atoms with Crippen LogP contribution in [0.5, 0.6) is 0 Å². The van der Waals surface area contributed by atoms with Crippen LogP contribution in [0.4, 0.5) is 20.2 Å². The van der Waals surface area contributed by atoms with Gasteiger partial charge in [0.15, 0.2) is 0 Å². The topological polar surface area (TPSA) is 58.2 Å². The Kier molecular flexibility index (Phi) is 6.80. The zero-order valence-corrected chi connectivity index (χ0v) is 20.2. The van der Waals surface area contributed by atoms with E-state index in [2.05, 4.69) is 10.6 Å². The van der Waals surface area contributed by atoms with E-state index in [1.54, 1.807) is 18.2 Å². The molecule has 34 heavy (non-hydrogen) atoms. The van der Waals surface area contributed by atoms with Gasteiger partial charge in [-0.2, -0.15) is 0 Å². The zero-order valence-electron chi connectivity index (χ0n) is 17.2. The number of halogens is 6. The lowest BCUT2D eigenvalue weighted by molar-refractivity contribution is -0.112. The lowest BCUT2D eigenvalue weighted by atomic mass is 10.00. The summed E-state index contributed by atoms with van der Waals surface area (Å²) in [5.41, 5.74) is -0.180. The predicted octanol–water partition coefficient (Wildman–Crippen LogP) is 7.09. The van der Waals surface area contributed by atoms with Crippen LogP contribution in [0.25, 0.3) is 0 Å². The van der Waals surface area contributed by atoms with Gasteiger partial charge >= 0.3 is 0 Å². The molecule has 0 spiro atoms. The van der Waals surface area contributed by atoms with E-state index in [1.807, 2.05) is 0 Å². The lowest BCUT2D eigenvalue weighted by Crippen LogP contribution is -2.23. The Bertz CT molecular complexity index is 1250. The van der Waals surface area contributed by atoms with Crippen LogP contribution in [0.2, 0.25) is 10.0 Å². The Morgan fingerprint density at radius 1 is 0.941 bits per heavy atom. The summed E-state index contributed by atoms with van der Waals surface area (Å²) in [6.07, 6.45) is 0.672. The van der Waals surface area contributed by atoms with Crippen molar-refractivity contribution in [2.45, 2.75) is 10.3 Å². The van der Waals surface area contributed by atoms with Crippen LogP contribution in [-0.2, 0) is 4.79 Å². The number of carbonyl (C=O) groups is 2. The molecule has 0 saturated heterocycles. The number of hydrogen-bond donors (Lipinski definition) is 2. The monoisotopic (exact) mass is 542 g/mol. The quantitative estimate of drug-likeness (QED) is 0.247. The molecule has 1 aliphatic rings. The van der Waals surface area contributed by atoms with Gasteiger partial charge in [0, 0.05) is 33.9 Å². The SMILES string of the molecule is O=CC1(CNc2ccc(F)c(C(=O)Nc3ccc(F)cc3)c2)C(c2cc(Cl)cc(Cl)c2)C1(Cl)Cl. The van der Waals surface area contributed by atoms with Crippen LogP contribution < -0.4 is 10.6 Å². The molecule has 0 radical (unpaired) electrons. The molecule has 2 atom stereocenters. The van der Waals surface area contributed by atoms with Gasteiger partial charge in [-0.25, -0.2) is 8.78 Å². The summed E-state index contributed by atoms with van der Waals surface area (Å²) in [4.78, 5) is 24.7. The minimum atomic E-state index is -1.43. The number of carbonyl (C=O) groups excluding carboxylic acids is 2. The highest BCUT2D eigenvalue weighted by Crippen LogP contribution is 2.73. The Morgan fingerprint density at radius 2 is 1.56 bits per heavy atom. The first kappa shape index (κ1) is 24.7. The Hall–Kier alpha value is -2.38. The smallest absolute Gasteiger partial charge is 0.258 e. The number of rotatable bonds is 7. The minimum Gasteiger partial charge on any atom is -0.384 e. The Morgan fingerprint density at radius 3 is 2.18 bits per heavy atom. The molecule has 4 rings (SSSR count). The molecule has 4 nitrogen and oxygen atoms in total. The number of hydrogen-bond acceptors (Lipinski definition) is 3. The van der Waals surface area contributed by atoms with Gasteiger partial charge in [-0.15, -0.1) is 0 Å². The van der Waals surface area contributed by atoms with Crippen molar-refractivity contribution >= 4 is 70.0 Å². The van der Waals surface area contributed by atoms with Crippen molar-refractivity contribution < 1.29 is 18.4 Å². The molecule has 0 heterocycles. The molecule has 2 unspecified atom stereocenters. The van der Waals surface area contributed by atoms with Gasteiger partial charge in [0.05, 0.1) is 11.0 Å². The third-order valence-corrected chi connectivity index (χ3v) is 7.32. The molecular weight excluding hydrogens is 528 g/mol. The number of nitrogens with one attached hydrogen (secondary N) is 2. The van der Waals surface area contributed by atoms with Crippen LogP contribution in [0.3, 0.4) is 0 Å². The number of amides is 1. The predicted molar refractivity (Wildman–Crippen MR) is 131 cm³/mol. The van der Waals surface area contributed by atoms with E-state index >= 15 is 0 Å². The van der Waals surface area contributed by atoms with Crippen LogP contribution in [0, 0.1) is 17.0 Å². The van der Waals surface area contributed by atoms with E-state index in [-0.39, 0.29) is 12.1 Å². The van der Waals surface area contributed by atoms with Crippen molar-refractivity contribution in [1.82, 2.24) is 0 Å². The lowest BCUT2D eigenvalue weighted by Gasteiger charge is -2.15. The van der Waals surface area contributed by atoms with Crippen LogP contribution in [-0.4, -0.2) is 23.1 Å². The fourth-order valence-corrected chi connectivity index (χ4v) is 5.44. The van der Waals surface area contributed by atoms with Gasteiger partial charge in [0.1, 0.15) is 22.3 Å². The molecule has 0 aliphatic heterocycles. The molecule has 1 amide bonds. The molecule has 1 fully saturated rings. The zero-order chi connectivity index (χ0) is 24.7. The van der Waals surface area contributed by atoms with Crippen molar-refractivity contribution in [3.63, 3.8) is 0 Å². The maximum Gasteiger partial charge on any atom is 0.258 e. The van der Waals surface area contributed by atoms with E-state index < -0.39 is 33.2 Å². The summed E-state index contributed by atoms with van der Waals surface area (Å²) in [5, 5.41) is 6.27. The van der Waals surface area contributed by atoms with Crippen molar-refractivity contribution in [3.05, 3.63) is 93.5 Å². The maximum absolute atomic E-state index is 14.3. The van der Waals surface area contributed by atoms with Gasteiger partial charge < -0.3 is 15.4 Å². The van der Waals surface area contributed by atoms with Gasteiger partial charge in [-0.05, 0) is 66.2 Å². The van der Waals surface area contributed by atoms with E-state index in [1.165, 1.54) is 36.4 Å². The number of aldehydes is 1. The largest absolute Gasteiger partial charge is 0.384 e. The second kappa shape index (κ2) is 9.34. The summed E-state index contributed by atoms with van der Waals surface area (Å²) < 4.78 is 26.0. The van der Waals surface area contributed by atoms with Crippen molar-refractivity contribution in [3.8, 4) is 0 Å². The number of alkyl halides is 2. The van der Waals surface area contributed by atoms with Crippen LogP contribution in [0.15, 0.2) is 60.7 Å². The van der Waals surface area contributed by atoms with E-state index in [0.29, 0.717) is 33.3 Å². The molecule has 176 valence electrons. The molecule has 3 aromatic rings. The average molecular weight is 544 g/mol. The van der Waals surface area contributed by atoms with E-state index in [0.717, 1.165) is 6.07 Å². The molecule has 0 aromatic heterocycles. The highest BCUT2D eigenvalue weighted by atomic mass is 35.5. The molecule has 1 aliphatic carbocycles. The summed E-state index contributed by atoms with van der Waals surface area (Å²) in [7, 11) is 0. The molecule has 3 aromatic carbocycles. The van der Waals surface area contributed by atoms with Gasteiger partial charge in [-0.1, -0.05) is 46.4 Å². The van der Waals surface area contributed by atoms with Crippen molar-refractivity contribution in [2.24, 2.45) is 5.41 Å².